The number of anilines is 2. The maximum atomic E-state index is 13.1. The third-order valence-electron chi connectivity index (χ3n) is 4.63. The van der Waals surface area contributed by atoms with Crippen molar-refractivity contribution in [2.75, 3.05) is 16.8 Å². The zero-order chi connectivity index (χ0) is 16.8. The van der Waals surface area contributed by atoms with Crippen molar-refractivity contribution in [1.29, 1.82) is 0 Å². The third kappa shape index (κ3) is 3.61. The van der Waals surface area contributed by atoms with Crippen molar-refractivity contribution in [3.63, 3.8) is 0 Å². The average Bonchev–Trinajstić information content (AvgIpc) is 2.63. The first-order valence-corrected chi connectivity index (χ1v) is 9.03. The third-order valence-corrected chi connectivity index (χ3v) is 4.63. The van der Waals surface area contributed by atoms with Gasteiger partial charge >= 0.3 is 0 Å². The van der Waals surface area contributed by atoms with E-state index in [9.17, 15) is 4.79 Å². The molecule has 1 heterocycles. The van der Waals surface area contributed by atoms with E-state index in [0.717, 1.165) is 29.9 Å². The van der Waals surface area contributed by atoms with Gasteiger partial charge in [-0.1, -0.05) is 75.1 Å². The summed E-state index contributed by atoms with van der Waals surface area (Å²) in [6, 6.07) is 17.8. The summed E-state index contributed by atoms with van der Waals surface area (Å²) in [5, 5.41) is 3.41. The molecule has 24 heavy (non-hydrogen) atoms. The van der Waals surface area contributed by atoms with Gasteiger partial charge in [-0.15, -0.1) is 0 Å². The van der Waals surface area contributed by atoms with Gasteiger partial charge in [-0.3, -0.25) is 4.79 Å². The molecule has 0 spiro atoms. The highest BCUT2D eigenvalue weighted by molar-refractivity contribution is 6.05. The Hall–Kier alpha value is -2.29. The van der Waals surface area contributed by atoms with Crippen LogP contribution >= 0.6 is 0 Å². The van der Waals surface area contributed by atoms with E-state index in [-0.39, 0.29) is 11.9 Å². The number of carbonyl (C=O) groups is 1. The van der Waals surface area contributed by atoms with Crippen molar-refractivity contribution in [3.05, 3.63) is 60.2 Å². The highest BCUT2D eigenvalue weighted by Crippen LogP contribution is 2.36. The normalized spacial score (nSPS) is 16.6. The Morgan fingerprint density at radius 2 is 1.62 bits per heavy atom. The number of amides is 1. The highest BCUT2D eigenvalue weighted by atomic mass is 16.2. The van der Waals surface area contributed by atoms with Crippen LogP contribution in [0.15, 0.2) is 54.6 Å². The Labute approximate surface area is 144 Å². The molecule has 2 aromatic rings. The van der Waals surface area contributed by atoms with Gasteiger partial charge in [-0.05, 0) is 24.1 Å². The number of benzene rings is 2. The van der Waals surface area contributed by atoms with Crippen molar-refractivity contribution >= 4 is 17.3 Å². The number of para-hydroxylation sites is 2. The number of carbonyl (C=O) groups excluding carboxylic acids is 1. The molecule has 0 fully saturated rings. The van der Waals surface area contributed by atoms with Crippen LogP contribution in [0.2, 0.25) is 0 Å². The van der Waals surface area contributed by atoms with Crippen molar-refractivity contribution < 1.29 is 4.79 Å². The van der Waals surface area contributed by atoms with E-state index in [0.29, 0.717) is 0 Å². The minimum Gasteiger partial charge on any atom is -0.368 e. The van der Waals surface area contributed by atoms with Gasteiger partial charge in [0, 0.05) is 6.54 Å². The molecule has 1 unspecified atom stereocenters. The first kappa shape index (κ1) is 16.6. The molecule has 0 bridgehead atoms. The summed E-state index contributed by atoms with van der Waals surface area (Å²) >= 11 is 0. The molecule has 1 aliphatic heterocycles. The summed E-state index contributed by atoms with van der Waals surface area (Å²) in [6.07, 6.45) is 6.01. The molecule has 0 saturated carbocycles. The lowest BCUT2D eigenvalue weighted by atomic mass is 10.0. The predicted molar refractivity (Wildman–Crippen MR) is 100 cm³/mol. The Morgan fingerprint density at radius 3 is 2.42 bits per heavy atom. The fourth-order valence-corrected chi connectivity index (χ4v) is 3.30. The van der Waals surface area contributed by atoms with Crippen LogP contribution in [0, 0.1) is 0 Å². The molecule has 1 aliphatic rings. The number of rotatable bonds is 7. The van der Waals surface area contributed by atoms with Crippen LogP contribution in [0.5, 0.6) is 0 Å². The summed E-state index contributed by atoms with van der Waals surface area (Å²) in [5.41, 5.74) is 3.07. The fraction of sp³-hybridized carbons (Fsp3) is 0.381. The first-order valence-electron chi connectivity index (χ1n) is 9.03. The van der Waals surface area contributed by atoms with Crippen LogP contribution in [0.4, 0.5) is 11.4 Å². The number of unbranched alkanes of at least 4 members (excludes halogenated alkanes) is 4. The van der Waals surface area contributed by atoms with E-state index < -0.39 is 0 Å². The fourth-order valence-electron chi connectivity index (χ4n) is 3.30. The SMILES string of the molecule is CCCCCCCN1C(=O)C(c2ccccc2)Nc2ccccc21. The smallest absolute Gasteiger partial charge is 0.254 e. The number of fused-ring (bicyclic) bond motifs is 1. The minimum absolute atomic E-state index is 0.149. The lowest BCUT2D eigenvalue weighted by molar-refractivity contribution is -0.119. The van der Waals surface area contributed by atoms with Gasteiger partial charge in [0.2, 0.25) is 0 Å². The minimum atomic E-state index is -0.295. The molecule has 126 valence electrons. The highest BCUT2D eigenvalue weighted by Gasteiger charge is 2.32. The largest absolute Gasteiger partial charge is 0.368 e. The average molecular weight is 322 g/mol. The topological polar surface area (TPSA) is 32.3 Å². The van der Waals surface area contributed by atoms with E-state index in [1.165, 1.54) is 25.7 Å². The standard InChI is InChI=1S/C21H26N2O/c1-2-3-4-5-11-16-23-19-15-10-9-14-18(19)22-20(21(23)24)17-12-7-6-8-13-17/h6-10,12-15,20,22H,2-5,11,16H2,1H3. The predicted octanol–water partition coefficient (Wildman–Crippen LogP) is 5.16. The molecule has 1 atom stereocenters. The van der Waals surface area contributed by atoms with Crippen LogP contribution < -0.4 is 10.2 Å². The van der Waals surface area contributed by atoms with Crippen LogP contribution in [0.3, 0.4) is 0 Å². The Balaban J connectivity index is 1.79. The van der Waals surface area contributed by atoms with Gasteiger partial charge < -0.3 is 10.2 Å². The monoisotopic (exact) mass is 322 g/mol. The number of nitrogens with zero attached hydrogens (tertiary/aromatic N) is 1. The number of hydrogen-bond donors (Lipinski definition) is 1. The van der Waals surface area contributed by atoms with E-state index in [1.54, 1.807) is 0 Å². The maximum absolute atomic E-state index is 13.1. The summed E-state index contributed by atoms with van der Waals surface area (Å²) in [7, 11) is 0. The maximum Gasteiger partial charge on any atom is 0.254 e. The van der Waals surface area contributed by atoms with Gasteiger partial charge in [0.05, 0.1) is 11.4 Å². The van der Waals surface area contributed by atoms with E-state index in [2.05, 4.69) is 18.3 Å². The van der Waals surface area contributed by atoms with Crippen molar-refractivity contribution in [3.8, 4) is 0 Å². The summed E-state index contributed by atoms with van der Waals surface area (Å²) in [6.45, 7) is 3.02. The molecule has 2 aromatic carbocycles. The van der Waals surface area contributed by atoms with Crippen LogP contribution in [-0.4, -0.2) is 12.5 Å². The van der Waals surface area contributed by atoms with Crippen LogP contribution in [-0.2, 0) is 4.79 Å². The van der Waals surface area contributed by atoms with Crippen molar-refractivity contribution in [1.82, 2.24) is 0 Å². The second kappa shape index (κ2) is 8.00. The lowest BCUT2D eigenvalue weighted by Gasteiger charge is -2.35. The zero-order valence-corrected chi connectivity index (χ0v) is 14.4. The summed E-state index contributed by atoms with van der Waals surface area (Å²) in [4.78, 5) is 15.0. The molecular weight excluding hydrogens is 296 g/mol. The zero-order valence-electron chi connectivity index (χ0n) is 14.4. The first-order chi connectivity index (χ1) is 11.8. The second-order valence-corrected chi connectivity index (χ2v) is 6.41. The van der Waals surface area contributed by atoms with Gasteiger partial charge in [0.25, 0.3) is 5.91 Å². The Morgan fingerprint density at radius 1 is 0.917 bits per heavy atom. The summed E-state index contributed by atoms with van der Waals surface area (Å²) < 4.78 is 0. The van der Waals surface area contributed by atoms with Gasteiger partial charge in [0.1, 0.15) is 6.04 Å². The molecule has 1 amide bonds. The van der Waals surface area contributed by atoms with Gasteiger partial charge in [-0.25, -0.2) is 0 Å². The molecule has 0 aromatic heterocycles. The molecule has 0 radical (unpaired) electrons. The quantitative estimate of drug-likeness (QED) is 0.714. The second-order valence-electron chi connectivity index (χ2n) is 6.41. The molecular formula is C21H26N2O. The molecule has 3 nitrogen and oxygen atoms in total. The lowest BCUT2D eigenvalue weighted by Crippen LogP contribution is -2.42. The molecule has 1 N–H and O–H groups in total. The number of nitrogens with one attached hydrogen (secondary N) is 1. The molecule has 3 rings (SSSR count). The van der Waals surface area contributed by atoms with Crippen molar-refractivity contribution in [2.24, 2.45) is 0 Å². The molecule has 0 aliphatic carbocycles. The Kier molecular flexibility index (Phi) is 5.52. The van der Waals surface area contributed by atoms with Gasteiger partial charge in [-0.2, -0.15) is 0 Å². The summed E-state index contributed by atoms with van der Waals surface area (Å²) in [5.74, 6) is 0.149. The van der Waals surface area contributed by atoms with E-state index in [4.69, 9.17) is 0 Å². The van der Waals surface area contributed by atoms with E-state index >= 15 is 0 Å². The van der Waals surface area contributed by atoms with Crippen molar-refractivity contribution in [2.45, 2.75) is 45.1 Å². The molecule has 0 saturated heterocycles. The molecule has 3 heteroatoms. The van der Waals surface area contributed by atoms with Gasteiger partial charge in [0.15, 0.2) is 0 Å². The van der Waals surface area contributed by atoms with Crippen LogP contribution in [0.25, 0.3) is 0 Å². The van der Waals surface area contributed by atoms with Crippen LogP contribution in [0.1, 0.15) is 50.6 Å². The van der Waals surface area contributed by atoms with E-state index in [1.807, 2.05) is 53.4 Å². The Bertz CT molecular complexity index is 669. The number of hydrogen-bond acceptors (Lipinski definition) is 2.